The van der Waals surface area contributed by atoms with E-state index in [1.807, 2.05) is 13.8 Å². The fourth-order valence-electron chi connectivity index (χ4n) is 1.57. The molecule has 0 saturated carbocycles. The van der Waals surface area contributed by atoms with E-state index in [0.717, 1.165) is 26.1 Å². The van der Waals surface area contributed by atoms with Gasteiger partial charge >= 0.3 is 0 Å². The molecule has 0 aromatic heterocycles. The van der Waals surface area contributed by atoms with E-state index in [1.54, 1.807) is 0 Å². The molecule has 1 heteroatoms. The normalized spacial score (nSPS) is 10.0. The summed E-state index contributed by atoms with van der Waals surface area (Å²) in [4.78, 5) is 0. The maximum atomic E-state index is 5.55. The number of hydrogen-bond donors (Lipinski definition) is 0. The van der Waals surface area contributed by atoms with Crippen LogP contribution in [0.1, 0.15) is 45.2 Å². The molecule has 1 aromatic rings. The average molecular weight is 236 g/mol. The van der Waals surface area contributed by atoms with Crippen molar-refractivity contribution in [3.63, 3.8) is 0 Å². The summed E-state index contributed by atoms with van der Waals surface area (Å²) in [5.74, 6) is 0.643. The first-order valence-electron chi connectivity index (χ1n) is 6.82. The largest absolute Gasteiger partial charge is 0.381 e. The van der Waals surface area contributed by atoms with E-state index < -0.39 is 0 Å². The van der Waals surface area contributed by atoms with Gasteiger partial charge in [-0.2, -0.15) is 0 Å². The van der Waals surface area contributed by atoms with Gasteiger partial charge in [-0.1, -0.05) is 57.5 Å². The highest BCUT2D eigenvalue weighted by molar-refractivity contribution is 5.22. The second kappa shape index (κ2) is 10.3. The van der Waals surface area contributed by atoms with Crippen LogP contribution in [0, 0.1) is 12.8 Å². The van der Waals surface area contributed by atoms with Crippen molar-refractivity contribution in [1.29, 1.82) is 0 Å². The summed E-state index contributed by atoms with van der Waals surface area (Å²) in [7, 11) is 0. The Labute approximate surface area is 107 Å². The lowest BCUT2D eigenvalue weighted by molar-refractivity contribution is 0.108. The van der Waals surface area contributed by atoms with Gasteiger partial charge in [0.1, 0.15) is 0 Å². The molecule has 0 atom stereocenters. The fourth-order valence-corrected chi connectivity index (χ4v) is 1.57. The zero-order chi connectivity index (χ0) is 13.1. The summed E-state index contributed by atoms with van der Waals surface area (Å²) in [5.41, 5.74) is 2.76. The smallest absolute Gasteiger partial charge is 0.0488 e. The van der Waals surface area contributed by atoms with Crippen molar-refractivity contribution in [3.05, 3.63) is 35.4 Å². The Kier molecular flexibility index (Phi) is 9.84. The van der Waals surface area contributed by atoms with Gasteiger partial charge in [-0.25, -0.2) is 0 Å². The molecule has 0 aliphatic heterocycles. The van der Waals surface area contributed by atoms with Crippen LogP contribution >= 0.6 is 0 Å². The molecule has 0 bridgehead atoms. The molecule has 0 spiro atoms. The Hall–Kier alpha value is -0.820. The van der Waals surface area contributed by atoms with E-state index in [0.29, 0.717) is 5.92 Å². The third-order valence-electron chi connectivity index (χ3n) is 2.29. The van der Waals surface area contributed by atoms with Crippen molar-refractivity contribution in [3.8, 4) is 0 Å². The predicted molar refractivity (Wildman–Crippen MR) is 76.5 cm³/mol. The molecule has 1 nitrogen and oxygen atoms in total. The molecule has 98 valence electrons. The Balaban J connectivity index is 0.00000121. The summed E-state index contributed by atoms with van der Waals surface area (Å²) < 4.78 is 5.55. The lowest BCUT2D eigenvalue weighted by Gasteiger charge is -2.06. The van der Waals surface area contributed by atoms with Gasteiger partial charge in [0.25, 0.3) is 0 Å². The van der Waals surface area contributed by atoms with Crippen molar-refractivity contribution >= 4 is 0 Å². The molecular weight excluding hydrogens is 208 g/mol. The minimum Gasteiger partial charge on any atom is -0.381 e. The SMILES string of the molecule is CC.Cc1cccc(CCCOCC(C)C)c1. The molecule has 1 rings (SSSR count). The van der Waals surface area contributed by atoms with Crippen LogP contribution in [0.5, 0.6) is 0 Å². The van der Waals surface area contributed by atoms with Gasteiger partial charge in [0.05, 0.1) is 0 Å². The molecule has 1 aromatic carbocycles. The summed E-state index contributed by atoms with van der Waals surface area (Å²) in [5, 5.41) is 0. The van der Waals surface area contributed by atoms with E-state index >= 15 is 0 Å². The summed E-state index contributed by atoms with van der Waals surface area (Å²) >= 11 is 0. The maximum absolute atomic E-state index is 5.55. The van der Waals surface area contributed by atoms with Gasteiger partial charge in [0, 0.05) is 13.2 Å². The average Bonchev–Trinajstić information content (AvgIpc) is 2.31. The topological polar surface area (TPSA) is 9.23 Å². The van der Waals surface area contributed by atoms with E-state index in [2.05, 4.69) is 45.0 Å². The minimum atomic E-state index is 0.643. The quantitative estimate of drug-likeness (QED) is 0.654. The van der Waals surface area contributed by atoms with Crippen molar-refractivity contribution in [1.82, 2.24) is 0 Å². The van der Waals surface area contributed by atoms with Gasteiger partial charge < -0.3 is 4.74 Å². The third-order valence-corrected chi connectivity index (χ3v) is 2.29. The molecule has 0 N–H and O–H groups in total. The highest BCUT2D eigenvalue weighted by Crippen LogP contribution is 2.06. The van der Waals surface area contributed by atoms with Crippen molar-refractivity contribution in [2.24, 2.45) is 5.92 Å². The molecule has 0 radical (unpaired) electrons. The zero-order valence-corrected chi connectivity index (χ0v) is 12.1. The molecule has 0 amide bonds. The van der Waals surface area contributed by atoms with Crippen LogP contribution in [-0.2, 0) is 11.2 Å². The van der Waals surface area contributed by atoms with E-state index in [1.165, 1.54) is 11.1 Å². The maximum Gasteiger partial charge on any atom is 0.0488 e. The number of ether oxygens (including phenoxy) is 1. The van der Waals surface area contributed by atoms with Crippen molar-refractivity contribution < 1.29 is 4.74 Å². The van der Waals surface area contributed by atoms with Crippen LogP contribution in [0.4, 0.5) is 0 Å². The lowest BCUT2D eigenvalue weighted by atomic mass is 10.1. The molecular formula is C16H28O. The molecule has 0 saturated heterocycles. The first-order chi connectivity index (χ1) is 8.18. The Morgan fingerprint density at radius 1 is 1.18 bits per heavy atom. The van der Waals surface area contributed by atoms with Gasteiger partial charge in [-0.15, -0.1) is 0 Å². The summed E-state index contributed by atoms with van der Waals surface area (Å²) in [6, 6.07) is 8.70. The van der Waals surface area contributed by atoms with Crippen LogP contribution in [0.15, 0.2) is 24.3 Å². The molecule has 0 aliphatic rings. The number of benzene rings is 1. The lowest BCUT2D eigenvalue weighted by Crippen LogP contribution is -2.03. The summed E-state index contributed by atoms with van der Waals surface area (Å²) in [6.45, 7) is 12.3. The second-order valence-corrected chi connectivity index (χ2v) is 4.56. The van der Waals surface area contributed by atoms with E-state index in [-0.39, 0.29) is 0 Å². The van der Waals surface area contributed by atoms with Crippen molar-refractivity contribution in [2.45, 2.75) is 47.5 Å². The highest BCUT2D eigenvalue weighted by Gasteiger charge is 1.96. The Bertz CT molecular complexity index is 279. The fraction of sp³-hybridized carbons (Fsp3) is 0.625. The van der Waals surface area contributed by atoms with Crippen LogP contribution in [0.25, 0.3) is 0 Å². The number of rotatable bonds is 6. The van der Waals surface area contributed by atoms with Crippen molar-refractivity contribution in [2.75, 3.05) is 13.2 Å². The van der Waals surface area contributed by atoms with Crippen LogP contribution in [-0.4, -0.2) is 13.2 Å². The monoisotopic (exact) mass is 236 g/mol. The first-order valence-corrected chi connectivity index (χ1v) is 6.82. The van der Waals surface area contributed by atoms with Crippen LogP contribution < -0.4 is 0 Å². The molecule has 0 unspecified atom stereocenters. The first kappa shape index (κ1) is 16.2. The zero-order valence-electron chi connectivity index (χ0n) is 12.1. The van der Waals surface area contributed by atoms with Gasteiger partial charge in [0.2, 0.25) is 0 Å². The van der Waals surface area contributed by atoms with Crippen LogP contribution in [0.2, 0.25) is 0 Å². The minimum absolute atomic E-state index is 0.643. The van der Waals surface area contributed by atoms with Gasteiger partial charge in [0.15, 0.2) is 0 Å². The van der Waals surface area contributed by atoms with Gasteiger partial charge in [-0.05, 0) is 31.2 Å². The number of aryl methyl sites for hydroxylation is 2. The standard InChI is InChI=1S/C14H22O.C2H6/c1-12(2)11-15-9-5-8-14-7-4-6-13(3)10-14;1-2/h4,6-7,10,12H,5,8-9,11H2,1-3H3;1-2H3. The Morgan fingerprint density at radius 2 is 1.88 bits per heavy atom. The van der Waals surface area contributed by atoms with E-state index in [9.17, 15) is 0 Å². The van der Waals surface area contributed by atoms with Gasteiger partial charge in [-0.3, -0.25) is 0 Å². The predicted octanol–water partition coefficient (Wildman–Crippen LogP) is 4.63. The molecule has 0 heterocycles. The highest BCUT2D eigenvalue weighted by atomic mass is 16.5. The summed E-state index contributed by atoms with van der Waals surface area (Å²) in [6.07, 6.45) is 2.25. The third kappa shape index (κ3) is 8.93. The second-order valence-electron chi connectivity index (χ2n) is 4.56. The molecule has 17 heavy (non-hydrogen) atoms. The molecule has 0 fully saturated rings. The van der Waals surface area contributed by atoms with Crippen LogP contribution in [0.3, 0.4) is 0 Å². The Morgan fingerprint density at radius 3 is 2.47 bits per heavy atom. The van der Waals surface area contributed by atoms with E-state index in [4.69, 9.17) is 4.74 Å². The molecule has 0 aliphatic carbocycles. The number of hydrogen-bond acceptors (Lipinski definition) is 1.